The van der Waals surface area contributed by atoms with Crippen LogP contribution in [0.15, 0.2) is 22.6 Å². The molecule has 0 bridgehead atoms. The van der Waals surface area contributed by atoms with E-state index in [9.17, 15) is 0 Å². The molecule has 1 heterocycles. The summed E-state index contributed by atoms with van der Waals surface area (Å²) < 4.78 is 5.86. The molecule has 1 fully saturated rings. The molecule has 1 saturated carbocycles. The Morgan fingerprint density at radius 2 is 2.00 bits per heavy atom. The standard InChI is InChI=1S/C13H13Cl2NO/c1-16-12(7-2-3-7)11-6-8-9(14)4-5-10(15)13(8)17-11/h4-7,12,16H,2-3H2,1H3. The molecule has 0 spiro atoms. The van der Waals surface area contributed by atoms with E-state index in [4.69, 9.17) is 27.6 Å². The first-order chi connectivity index (χ1) is 8.20. The van der Waals surface area contributed by atoms with Crippen LogP contribution in [-0.2, 0) is 0 Å². The molecule has 4 heteroatoms. The Bertz CT molecular complexity index is 521. The molecule has 90 valence electrons. The molecule has 0 amide bonds. The predicted molar refractivity (Wildman–Crippen MR) is 70.8 cm³/mol. The smallest absolute Gasteiger partial charge is 0.154 e. The van der Waals surface area contributed by atoms with Gasteiger partial charge in [0.25, 0.3) is 0 Å². The fourth-order valence-electron chi connectivity index (χ4n) is 2.27. The van der Waals surface area contributed by atoms with Gasteiger partial charge in [0.2, 0.25) is 0 Å². The fourth-order valence-corrected chi connectivity index (χ4v) is 2.68. The Morgan fingerprint density at radius 1 is 1.29 bits per heavy atom. The summed E-state index contributed by atoms with van der Waals surface area (Å²) in [7, 11) is 1.96. The first kappa shape index (κ1) is 11.4. The molecule has 0 saturated heterocycles. The fraction of sp³-hybridized carbons (Fsp3) is 0.385. The van der Waals surface area contributed by atoms with E-state index in [-0.39, 0.29) is 6.04 Å². The highest BCUT2D eigenvalue weighted by Crippen LogP contribution is 2.43. The van der Waals surface area contributed by atoms with E-state index in [1.54, 1.807) is 12.1 Å². The van der Waals surface area contributed by atoms with E-state index in [1.165, 1.54) is 12.8 Å². The van der Waals surface area contributed by atoms with Crippen LogP contribution < -0.4 is 5.32 Å². The van der Waals surface area contributed by atoms with Gasteiger partial charge in [-0.1, -0.05) is 23.2 Å². The highest BCUT2D eigenvalue weighted by molar-refractivity contribution is 6.39. The Kier molecular flexibility index (Phi) is 2.81. The Labute approximate surface area is 110 Å². The minimum Gasteiger partial charge on any atom is -0.458 e. The summed E-state index contributed by atoms with van der Waals surface area (Å²) in [6.45, 7) is 0. The normalized spacial score (nSPS) is 17.6. The van der Waals surface area contributed by atoms with Crippen LogP contribution in [0, 0.1) is 5.92 Å². The largest absolute Gasteiger partial charge is 0.458 e. The third-order valence-corrected chi connectivity index (χ3v) is 3.94. The van der Waals surface area contributed by atoms with Crippen molar-refractivity contribution in [1.82, 2.24) is 5.32 Å². The molecule has 3 rings (SSSR count). The van der Waals surface area contributed by atoms with Crippen molar-refractivity contribution in [3.8, 4) is 0 Å². The molecular formula is C13H13Cl2NO. The highest BCUT2D eigenvalue weighted by Gasteiger charge is 2.33. The number of benzene rings is 1. The summed E-state index contributed by atoms with van der Waals surface area (Å²) in [5, 5.41) is 5.50. The van der Waals surface area contributed by atoms with Crippen LogP contribution in [0.5, 0.6) is 0 Å². The summed E-state index contributed by atoms with van der Waals surface area (Å²) in [6.07, 6.45) is 2.51. The van der Waals surface area contributed by atoms with Gasteiger partial charge in [0.05, 0.1) is 16.1 Å². The Hall–Kier alpha value is -0.700. The van der Waals surface area contributed by atoms with Crippen molar-refractivity contribution >= 4 is 34.2 Å². The maximum atomic E-state index is 6.15. The van der Waals surface area contributed by atoms with Crippen LogP contribution in [0.25, 0.3) is 11.0 Å². The monoisotopic (exact) mass is 269 g/mol. The quantitative estimate of drug-likeness (QED) is 0.893. The van der Waals surface area contributed by atoms with E-state index >= 15 is 0 Å². The van der Waals surface area contributed by atoms with Gasteiger partial charge in [0, 0.05) is 5.39 Å². The van der Waals surface area contributed by atoms with Crippen LogP contribution in [0.4, 0.5) is 0 Å². The lowest BCUT2D eigenvalue weighted by Gasteiger charge is -2.11. The lowest BCUT2D eigenvalue weighted by molar-refractivity contribution is 0.419. The van der Waals surface area contributed by atoms with Gasteiger partial charge >= 0.3 is 0 Å². The van der Waals surface area contributed by atoms with E-state index < -0.39 is 0 Å². The molecule has 1 aromatic heterocycles. The second kappa shape index (κ2) is 4.20. The van der Waals surface area contributed by atoms with E-state index in [0.29, 0.717) is 21.5 Å². The summed E-state index contributed by atoms with van der Waals surface area (Å²) in [5.41, 5.74) is 0.690. The molecule has 1 N–H and O–H groups in total. The SMILES string of the molecule is CNC(c1cc2c(Cl)ccc(Cl)c2o1)C1CC1. The zero-order chi connectivity index (χ0) is 12.0. The first-order valence-electron chi connectivity index (χ1n) is 5.75. The topological polar surface area (TPSA) is 25.2 Å². The average Bonchev–Trinajstić information content (AvgIpc) is 3.03. The zero-order valence-electron chi connectivity index (χ0n) is 9.47. The minimum absolute atomic E-state index is 0.273. The zero-order valence-corrected chi connectivity index (χ0v) is 11.0. The maximum absolute atomic E-state index is 6.15. The summed E-state index contributed by atoms with van der Waals surface area (Å²) in [4.78, 5) is 0. The molecule has 0 radical (unpaired) electrons. The van der Waals surface area contributed by atoms with Gasteiger partial charge in [-0.2, -0.15) is 0 Å². The number of nitrogens with one attached hydrogen (secondary N) is 1. The molecule has 1 unspecified atom stereocenters. The summed E-state index contributed by atoms with van der Waals surface area (Å²) in [5.74, 6) is 1.61. The van der Waals surface area contributed by atoms with Gasteiger partial charge in [0.1, 0.15) is 5.76 Å². The highest BCUT2D eigenvalue weighted by atomic mass is 35.5. The van der Waals surface area contributed by atoms with Crippen molar-refractivity contribution in [2.75, 3.05) is 7.05 Å². The number of halogens is 2. The number of rotatable bonds is 3. The third kappa shape index (κ3) is 1.95. The molecule has 2 nitrogen and oxygen atoms in total. The van der Waals surface area contributed by atoms with E-state index in [2.05, 4.69) is 5.32 Å². The lowest BCUT2D eigenvalue weighted by atomic mass is 10.1. The minimum atomic E-state index is 0.273. The van der Waals surface area contributed by atoms with Crippen LogP contribution in [0.1, 0.15) is 24.6 Å². The van der Waals surface area contributed by atoms with E-state index in [1.807, 2.05) is 13.1 Å². The van der Waals surface area contributed by atoms with Crippen molar-refractivity contribution < 1.29 is 4.42 Å². The molecular weight excluding hydrogens is 257 g/mol. The molecule has 1 aliphatic carbocycles. The molecule has 1 aliphatic rings. The van der Waals surface area contributed by atoms with Crippen LogP contribution in [0.3, 0.4) is 0 Å². The molecule has 17 heavy (non-hydrogen) atoms. The molecule has 1 atom stereocenters. The van der Waals surface area contributed by atoms with Gasteiger partial charge in [-0.05, 0) is 44.0 Å². The number of hydrogen-bond donors (Lipinski definition) is 1. The van der Waals surface area contributed by atoms with Crippen molar-refractivity contribution in [2.45, 2.75) is 18.9 Å². The van der Waals surface area contributed by atoms with Gasteiger partial charge in [-0.3, -0.25) is 0 Å². The van der Waals surface area contributed by atoms with Gasteiger partial charge in [-0.15, -0.1) is 0 Å². The Balaban J connectivity index is 2.12. The number of fused-ring (bicyclic) bond motifs is 1. The molecule has 2 aromatic rings. The van der Waals surface area contributed by atoms with Crippen molar-refractivity contribution in [2.24, 2.45) is 5.92 Å². The van der Waals surface area contributed by atoms with Gasteiger partial charge < -0.3 is 9.73 Å². The molecule has 0 aliphatic heterocycles. The number of furan rings is 1. The lowest BCUT2D eigenvalue weighted by Crippen LogP contribution is -2.17. The summed E-state index contributed by atoms with van der Waals surface area (Å²) in [6, 6.07) is 5.85. The van der Waals surface area contributed by atoms with Crippen LogP contribution in [-0.4, -0.2) is 7.05 Å². The second-order valence-electron chi connectivity index (χ2n) is 4.52. The Morgan fingerprint density at radius 3 is 2.59 bits per heavy atom. The number of hydrogen-bond acceptors (Lipinski definition) is 2. The van der Waals surface area contributed by atoms with Crippen molar-refractivity contribution in [1.29, 1.82) is 0 Å². The van der Waals surface area contributed by atoms with Crippen molar-refractivity contribution in [3.63, 3.8) is 0 Å². The summed E-state index contributed by atoms with van der Waals surface area (Å²) >= 11 is 12.3. The second-order valence-corrected chi connectivity index (χ2v) is 5.34. The maximum Gasteiger partial charge on any atom is 0.154 e. The van der Waals surface area contributed by atoms with Gasteiger partial charge in [0.15, 0.2) is 5.58 Å². The average molecular weight is 270 g/mol. The predicted octanol–water partition coefficient (Wildman–Crippen LogP) is 4.41. The van der Waals surface area contributed by atoms with Crippen LogP contribution >= 0.6 is 23.2 Å². The van der Waals surface area contributed by atoms with Crippen molar-refractivity contribution in [3.05, 3.63) is 34.0 Å². The van der Waals surface area contributed by atoms with Gasteiger partial charge in [-0.25, -0.2) is 0 Å². The third-order valence-electron chi connectivity index (χ3n) is 3.31. The molecule has 1 aromatic carbocycles. The first-order valence-corrected chi connectivity index (χ1v) is 6.51. The van der Waals surface area contributed by atoms with E-state index in [0.717, 1.165) is 11.1 Å². The van der Waals surface area contributed by atoms with Crippen LogP contribution in [0.2, 0.25) is 10.0 Å².